The lowest BCUT2D eigenvalue weighted by molar-refractivity contribution is 0.260. The Hall–Kier alpha value is -2.48. The molecular weight excluding hydrogens is 302 g/mol. The second-order valence-corrected chi connectivity index (χ2v) is 6.83. The predicted molar refractivity (Wildman–Crippen MR) is 91.9 cm³/mol. The number of anilines is 1. The van der Waals surface area contributed by atoms with Gasteiger partial charge in [-0.15, -0.1) is 0 Å². The molecule has 0 unspecified atom stereocenters. The standard InChI is InChI=1S/C19H23N3O2/c1-13-4-6-16(7-5-13)23-12-18-21-17(9-20)19(24-18)22-10-14(2)8-15(3)11-22/h4-7,14-15H,8,10-12H2,1-3H3/t14-,15+. The smallest absolute Gasteiger partial charge is 0.236 e. The van der Waals surface area contributed by atoms with Crippen molar-refractivity contribution in [3.8, 4) is 11.8 Å². The van der Waals surface area contributed by atoms with Crippen molar-refractivity contribution in [2.24, 2.45) is 11.8 Å². The second-order valence-electron chi connectivity index (χ2n) is 6.83. The number of aryl methyl sites for hydroxylation is 1. The highest BCUT2D eigenvalue weighted by Gasteiger charge is 2.27. The van der Waals surface area contributed by atoms with Crippen LogP contribution in [0.25, 0.3) is 0 Å². The summed E-state index contributed by atoms with van der Waals surface area (Å²) in [6.45, 7) is 8.50. The molecule has 0 amide bonds. The minimum atomic E-state index is 0.219. The van der Waals surface area contributed by atoms with Crippen molar-refractivity contribution in [3.05, 3.63) is 41.4 Å². The van der Waals surface area contributed by atoms with Gasteiger partial charge in [-0.25, -0.2) is 0 Å². The van der Waals surface area contributed by atoms with E-state index in [0.29, 0.717) is 29.3 Å². The predicted octanol–water partition coefficient (Wildman–Crippen LogP) is 3.92. The van der Waals surface area contributed by atoms with Crippen LogP contribution in [0.3, 0.4) is 0 Å². The molecule has 2 atom stereocenters. The van der Waals surface area contributed by atoms with Crippen molar-refractivity contribution in [1.29, 1.82) is 5.26 Å². The zero-order chi connectivity index (χ0) is 17.1. The first-order valence-electron chi connectivity index (χ1n) is 8.39. The van der Waals surface area contributed by atoms with Crippen LogP contribution in [0.5, 0.6) is 5.75 Å². The molecular formula is C19H23N3O2. The van der Waals surface area contributed by atoms with Crippen molar-refractivity contribution in [1.82, 2.24) is 4.98 Å². The van der Waals surface area contributed by atoms with Crippen LogP contribution in [0, 0.1) is 30.1 Å². The third-order valence-corrected chi connectivity index (χ3v) is 4.30. The Bertz CT molecular complexity index is 720. The molecule has 3 rings (SSSR count). The van der Waals surface area contributed by atoms with Gasteiger partial charge in [0.15, 0.2) is 6.61 Å². The summed E-state index contributed by atoms with van der Waals surface area (Å²) in [6.07, 6.45) is 1.20. The SMILES string of the molecule is Cc1ccc(OCc2nc(C#N)c(N3C[C@H](C)C[C@H](C)C3)o2)cc1. The molecule has 24 heavy (non-hydrogen) atoms. The Kier molecular flexibility index (Phi) is 4.75. The van der Waals surface area contributed by atoms with Crippen LogP contribution in [-0.4, -0.2) is 18.1 Å². The van der Waals surface area contributed by atoms with E-state index in [1.54, 1.807) is 0 Å². The molecule has 0 spiro atoms. The Labute approximate surface area is 142 Å². The zero-order valence-corrected chi connectivity index (χ0v) is 14.5. The number of nitrogens with zero attached hydrogens (tertiary/aromatic N) is 3. The van der Waals surface area contributed by atoms with Gasteiger partial charge in [0.25, 0.3) is 0 Å². The van der Waals surface area contributed by atoms with Crippen molar-refractivity contribution in [2.45, 2.75) is 33.8 Å². The van der Waals surface area contributed by atoms with E-state index in [4.69, 9.17) is 9.15 Å². The molecule has 1 aromatic heterocycles. The van der Waals surface area contributed by atoms with E-state index in [2.05, 4.69) is 29.8 Å². The zero-order valence-electron chi connectivity index (χ0n) is 14.5. The fraction of sp³-hybridized carbons (Fsp3) is 0.474. The van der Waals surface area contributed by atoms with Crippen LogP contribution in [0.1, 0.15) is 37.4 Å². The molecule has 126 valence electrons. The summed E-state index contributed by atoms with van der Waals surface area (Å²) in [5, 5.41) is 9.37. The topological polar surface area (TPSA) is 62.3 Å². The van der Waals surface area contributed by atoms with E-state index in [9.17, 15) is 5.26 Å². The molecule has 1 saturated heterocycles. The lowest BCUT2D eigenvalue weighted by Gasteiger charge is -2.34. The summed E-state index contributed by atoms with van der Waals surface area (Å²) in [6, 6.07) is 9.96. The van der Waals surface area contributed by atoms with Gasteiger partial charge < -0.3 is 14.1 Å². The summed E-state index contributed by atoms with van der Waals surface area (Å²) in [5.41, 5.74) is 1.53. The number of ether oxygens (including phenoxy) is 1. The van der Waals surface area contributed by atoms with Gasteiger partial charge in [-0.05, 0) is 37.3 Å². The first-order valence-corrected chi connectivity index (χ1v) is 8.39. The molecule has 0 saturated carbocycles. The van der Waals surface area contributed by atoms with Gasteiger partial charge >= 0.3 is 0 Å². The summed E-state index contributed by atoms with van der Waals surface area (Å²) >= 11 is 0. The molecule has 1 aromatic carbocycles. The Morgan fingerprint density at radius 3 is 2.54 bits per heavy atom. The number of oxazole rings is 1. The molecule has 1 aliphatic rings. The summed E-state index contributed by atoms with van der Waals surface area (Å²) in [7, 11) is 0. The van der Waals surface area contributed by atoms with E-state index >= 15 is 0 Å². The molecule has 1 fully saturated rings. The largest absolute Gasteiger partial charge is 0.484 e. The minimum Gasteiger partial charge on any atom is -0.484 e. The third-order valence-electron chi connectivity index (χ3n) is 4.30. The quantitative estimate of drug-likeness (QED) is 0.852. The molecule has 0 bridgehead atoms. The molecule has 1 aliphatic heterocycles. The average molecular weight is 325 g/mol. The van der Waals surface area contributed by atoms with Crippen molar-refractivity contribution in [3.63, 3.8) is 0 Å². The molecule has 0 N–H and O–H groups in total. The van der Waals surface area contributed by atoms with Gasteiger partial charge in [0.05, 0.1) is 0 Å². The minimum absolute atomic E-state index is 0.219. The lowest BCUT2D eigenvalue weighted by Crippen LogP contribution is -2.38. The Morgan fingerprint density at radius 2 is 1.92 bits per heavy atom. The summed E-state index contributed by atoms with van der Waals surface area (Å²) in [5.74, 6) is 2.95. The maximum Gasteiger partial charge on any atom is 0.236 e. The maximum atomic E-state index is 9.37. The number of piperidine rings is 1. The molecule has 0 radical (unpaired) electrons. The summed E-state index contributed by atoms with van der Waals surface area (Å²) < 4.78 is 11.6. The molecule has 5 nitrogen and oxygen atoms in total. The first kappa shape index (κ1) is 16.4. The highest BCUT2D eigenvalue weighted by atomic mass is 16.5. The monoisotopic (exact) mass is 325 g/mol. The van der Waals surface area contributed by atoms with Gasteiger partial charge in [0, 0.05) is 13.1 Å². The van der Waals surface area contributed by atoms with Crippen LogP contribution in [0.15, 0.2) is 28.7 Å². The van der Waals surface area contributed by atoms with E-state index in [1.165, 1.54) is 12.0 Å². The van der Waals surface area contributed by atoms with E-state index in [0.717, 1.165) is 18.8 Å². The molecule has 0 aliphatic carbocycles. The Balaban J connectivity index is 1.73. The van der Waals surface area contributed by atoms with Crippen LogP contribution >= 0.6 is 0 Å². The Morgan fingerprint density at radius 1 is 1.25 bits per heavy atom. The van der Waals surface area contributed by atoms with Gasteiger partial charge in [0.1, 0.15) is 11.8 Å². The van der Waals surface area contributed by atoms with Gasteiger partial charge in [-0.2, -0.15) is 10.2 Å². The molecule has 5 heteroatoms. The van der Waals surface area contributed by atoms with Gasteiger partial charge in [-0.3, -0.25) is 0 Å². The normalized spacial score (nSPS) is 20.7. The number of aromatic nitrogens is 1. The van der Waals surface area contributed by atoms with E-state index in [-0.39, 0.29) is 6.61 Å². The number of nitriles is 1. The van der Waals surface area contributed by atoms with Gasteiger partial charge in [-0.1, -0.05) is 31.5 Å². The molecule has 2 heterocycles. The highest BCUT2D eigenvalue weighted by Crippen LogP contribution is 2.29. The van der Waals surface area contributed by atoms with E-state index in [1.807, 2.05) is 31.2 Å². The van der Waals surface area contributed by atoms with Gasteiger partial charge in [0.2, 0.25) is 17.5 Å². The van der Waals surface area contributed by atoms with Crippen LogP contribution in [0.4, 0.5) is 5.88 Å². The van der Waals surface area contributed by atoms with Crippen LogP contribution in [-0.2, 0) is 6.61 Å². The second kappa shape index (κ2) is 6.96. The third kappa shape index (κ3) is 3.70. The van der Waals surface area contributed by atoms with Crippen molar-refractivity contribution < 1.29 is 9.15 Å². The van der Waals surface area contributed by atoms with Crippen LogP contribution in [0.2, 0.25) is 0 Å². The average Bonchev–Trinajstić information content (AvgIpc) is 2.97. The van der Waals surface area contributed by atoms with Crippen LogP contribution < -0.4 is 9.64 Å². The first-order chi connectivity index (χ1) is 11.5. The van der Waals surface area contributed by atoms with E-state index < -0.39 is 0 Å². The lowest BCUT2D eigenvalue weighted by atomic mass is 9.92. The summed E-state index contributed by atoms with van der Waals surface area (Å²) in [4.78, 5) is 6.43. The number of hydrogen-bond acceptors (Lipinski definition) is 5. The number of rotatable bonds is 4. The fourth-order valence-corrected chi connectivity index (χ4v) is 3.31. The van der Waals surface area contributed by atoms with Crippen molar-refractivity contribution in [2.75, 3.05) is 18.0 Å². The highest BCUT2D eigenvalue weighted by molar-refractivity contribution is 5.48. The number of benzene rings is 1. The molecule has 2 aromatic rings. The maximum absolute atomic E-state index is 9.37. The van der Waals surface area contributed by atoms with Crippen molar-refractivity contribution >= 4 is 5.88 Å². The fourth-order valence-electron chi connectivity index (χ4n) is 3.31. The number of hydrogen-bond donors (Lipinski definition) is 0.